The van der Waals surface area contributed by atoms with E-state index in [1.54, 1.807) is 23.6 Å². The number of thiophene rings is 1. The summed E-state index contributed by atoms with van der Waals surface area (Å²) in [7, 11) is 0.646. The zero-order valence-electron chi connectivity index (χ0n) is 17.3. The number of carbonyl (C=O) groups excluding carboxylic acids is 1. The molecular formula is C19H20N4O6S3. The first kappa shape index (κ1) is 23.6. The van der Waals surface area contributed by atoms with Gasteiger partial charge in [-0.3, -0.25) is 4.79 Å². The Morgan fingerprint density at radius 3 is 2.41 bits per heavy atom. The van der Waals surface area contributed by atoms with Gasteiger partial charge < -0.3 is 25.3 Å². The molecule has 0 unspecified atom stereocenters. The summed E-state index contributed by atoms with van der Waals surface area (Å²) in [5.41, 5.74) is 6.30. The van der Waals surface area contributed by atoms with Crippen molar-refractivity contribution in [2.24, 2.45) is 0 Å². The number of anilines is 2. The lowest BCUT2D eigenvalue weighted by Crippen LogP contribution is -2.15. The molecule has 0 fully saturated rings. The number of methoxy groups -OCH3 is 3. The van der Waals surface area contributed by atoms with Gasteiger partial charge in [0.25, 0.3) is 0 Å². The van der Waals surface area contributed by atoms with Crippen LogP contribution in [0.4, 0.5) is 11.5 Å². The van der Waals surface area contributed by atoms with Gasteiger partial charge in [-0.2, -0.15) is 0 Å². The van der Waals surface area contributed by atoms with E-state index in [4.69, 9.17) is 19.9 Å². The summed E-state index contributed by atoms with van der Waals surface area (Å²) >= 11 is 2.09. The van der Waals surface area contributed by atoms with Crippen molar-refractivity contribution in [3.63, 3.8) is 0 Å². The second-order valence-corrected chi connectivity index (χ2v) is 10.1. The maximum absolute atomic E-state index is 12.6. The largest absolute Gasteiger partial charge is 0.493 e. The van der Waals surface area contributed by atoms with E-state index >= 15 is 0 Å². The van der Waals surface area contributed by atoms with Gasteiger partial charge in [-0.25, -0.2) is 18.4 Å². The van der Waals surface area contributed by atoms with Crippen molar-refractivity contribution in [3.8, 4) is 17.2 Å². The van der Waals surface area contributed by atoms with Crippen LogP contribution < -0.4 is 25.3 Å². The molecule has 3 N–H and O–H groups in total. The molecule has 1 aromatic carbocycles. The average molecular weight is 497 g/mol. The average Bonchev–Trinajstić information content (AvgIpc) is 3.32. The normalized spacial score (nSPS) is 11.1. The van der Waals surface area contributed by atoms with Gasteiger partial charge in [0.05, 0.1) is 33.3 Å². The predicted molar refractivity (Wildman–Crippen MR) is 122 cm³/mol. The number of thioether (sulfide) groups is 1. The number of rotatable bonds is 9. The molecule has 0 saturated heterocycles. The summed E-state index contributed by atoms with van der Waals surface area (Å²) in [6.07, 6.45) is 1.15. The number of benzene rings is 1. The number of nitrogens with zero attached hydrogens (tertiary/aromatic N) is 2. The number of sulfone groups is 1. The SMILES string of the molecule is COc1cc(NC(=O)CSc2ncc(S(=O)(=O)c3cccs3)c(N)n2)cc(OC)c1OC. The standard InChI is InChI=1S/C19H20N4O6S3/c1-27-12-7-11(8-13(28-2)17(12)29-3)22-15(24)10-31-19-21-9-14(18(20)23-19)32(25,26)16-5-4-6-30-16/h4-9H,10H2,1-3H3,(H,22,24)(H2,20,21,23). The molecule has 0 atom stereocenters. The molecule has 3 rings (SSSR count). The number of ether oxygens (including phenoxy) is 3. The van der Waals surface area contributed by atoms with Gasteiger partial charge in [0.2, 0.25) is 21.5 Å². The molecular weight excluding hydrogens is 476 g/mol. The molecule has 0 bridgehead atoms. The number of amides is 1. The fraction of sp³-hybridized carbons (Fsp3) is 0.211. The highest BCUT2D eigenvalue weighted by atomic mass is 32.2. The highest BCUT2D eigenvalue weighted by Gasteiger charge is 2.23. The van der Waals surface area contributed by atoms with Gasteiger partial charge in [0.15, 0.2) is 16.7 Å². The zero-order valence-corrected chi connectivity index (χ0v) is 19.8. The first-order valence-electron chi connectivity index (χ1n) is 8.94. The van der Waals surface area contributed by atoms with Crippen molar-refractivity contribution >= 4 is 50.3 Å². The van der Waals surface area contributed by atoms with Crippen LogP contribution >= 0.6 is 23.1 Å². The summed E-state index contributed by atoms with van der Waals surface area (Å²) in [5, 5.41) is 4.55. The van der Waals surface area contributed by atoms with E-state index in [0.29, 0.717) is 22.9 Å². The molecule has 0 aliphatic rings. The number of aromatic nitrogens is 2. The third-order valence-corrected chi connectivity index (χ3v) is 8.12. The molecule has 0 saturated carbocycles. The highest BCUT2D eigenvalue weighted by molar-refractivity contribution is 7.99. The Balaban J connectivity index is 1.69. The lowest BCUT2D eigenvalue weighted by atomic mass is 10.2. The first-order valence-corrected chi connectivity index (χ1v) is 12.3. The number of nitrogens with one attached hydrogen (secondary N) is 1. The smallest absolute Gasteiger partial charge is 0.234 e. The Morgan fingerprint density at radius 1 is 1.19 bits per heavy atom. The number of hydrogen-bond acceptors (Lipinski definition) is 11. The molecule has 170 valence electrons. The number of nitrogens with two attached hydrogens (primary N) is 1. The third-order valence-electron chi connectivity index (χ3n) is 4.09. The molecule has 2 heterocycles. The van der Waals surface area contributed by atoms with Crippen LogP contribution in [-0.4, -0.2) is 51.4 Å². The van der Waals surface area contributed by atoms with E-state index in [-0.39, 0.29) is 31.7 Å². The van der Waals surface area contributed by atoms with Crippen molar-refractivity contribution in [2.75, 3.05) is 38.1 Å². The highest BCUT2D eigenvalue weighted by Crippen LogP contribution is 2.40. The summed E-state index contributed by atoms with van der Waals surface area (Å²) in [4.78, 5) is 20.3. The maximum Gasteiger partial charge on any atom is 0.234 e. The van der Waals surface area contributed by atoms with Gasteiger partial charge in [-0.15, -0.1) is 11.3 Å². The molecule has 13 heteroatoms. The van der Waals surface area contributed by atoms with Gasteiger partial charge in [0.1, 0.15) is 14.9 Å². The third kappa shape index (κ3) is 5.06. The minimum Gasteiger partial charge on any atom is -0.493 e. The van der Waals surface area contributed by atoms with Crippen LogP contribution in [0.3, 0.4) is 0 Å². The number of nitrogen functional groups attached to an aromatic ring is 1. The molecule has 0 aliphatic heterocycles. The monoisotopic (exact) mass is 496 g/mol. The fourth-order valence-corrected chi connectivity index (χ4v) is 5.65. The van der Waals surface area contributed by atoms with E-state index in [9.17, 15) is 13.2 Å². The van der Waals surface area contributed by atoms with E-state index in [0.717, 1.165) is 29.3 Å². The van der Waals surface area contributed by atoms with Crippen LogP contribution in [0.2, 0.25) is 0 Å². The summed E-state index contributed by atoms with van der Waals surface area (Å²) in [6, 6.07) is 6.31. The fourth-order valence-electron chi connectivity index (χ4n) is 2.65. The van der Waals surface area contributed by atoms with Crippen LogP contribution in [0, 0.1) is 0 Å². The van der Waals surface area contributed by atoms with Gasteiger partial charge >= 0.3 is 0 Å². The molecule has 0 spiro atoms. The van der Waals surface area contributed by atoms with Crippen LogP contribution in [-0.2, 0) is 14.6 Å². The lowest BCUT2D eigenvalue weighted by molar-refractivity contribution is -0.113. The summed E-state index contributed by atoms with van der Waals surface area (Å²) < 4.78 is 41.1. The molecule has 1 amide bonds. The molecule has 32 heavy (non-hydrogen) atoms. The molecule has 2 aromatic heterocycles. The Hall–Kier alpha value is -3.03. The maximum atomic E-state index is 12.6. The first-order chi connectivity index (χ1) is 15.3. The Bertz CT molecular complexity index is 1190. The number of carbonyl (C=O) groups is 1. The lowest BCUT2D eigenvalue weighted by Gasteiger charge is -2.14. The number of hydrogen-bond donors (Lipinski definition) is 2. The molecule has 0 aliphatic carbocycles. The topological polar surface area (TPSA) is 143 Å². The minimum absolute atomic E-state index is 0.0346. The summed E-state index contributed by atoms with van der Waals surface area (Å²) in [6.45, 7) is 0. The second-order valence-electron chi connectivity index (χ2n) is 6.09. The van der Waals surface area contributed by atoms with Crippen molar-refractivity contribution in [2.45, 2.75) is 14.3 Å². The van der Waals surface area contributed by atoms with E-state index in [2.05, 4.69) is 15.3 Å². The quantitative estimate of drug-likeness (QED) is 0.335. The van der Waals surface area contributed by atoms with Crippen LogP contribution in [0.5, 0.6) is 17.2 Å². The van der Waals surface area contributed by atoms with Crippen molar-refractivity contribution in [1.29, 1.82) is 0 Å². The van der Waals surface area contributed by atoms with Crippen LogP contribution in [0.25, 0.3) is 0 Å². The van der Waals surface area contributed by atoms with Crippen LogP contribution in [0.1, 0.15) is 0 Å². The summed E-state index contributed by atoms with van der Waals surface area (Å²) in [5.74, 6) is 0.640. The van der Waals surface area contributed by atoms with E-state index < -0.39 is 9.84 Å². The van der Waals surface area contributed by atoms with E-state index in [1.807, 2.05) is 0 Å². The van der Waals surface area contributed by atoms with Crippen LogP contribution in [0.15, 0.2) is 50.1 Å². The zero-order chi connectivity index (χ0) is 23.3. The van der Waals surface area contributed by atoms with Crippen molar-refractivity contribution in [3.05, 3.63) is 35.8 Å². The Kier molecular flexibility index (Phi) is 7.43. The predicted octanol–water partition coefficient (Wildman–Crippen LogP) is 2.71. The van der Waals surface area contributed by atoms with Gasteiger partial charge in [-0.1, -0.05) is 17.8 Å². The van der Waals surface area contributed by atoms with Gasteiger partial charge in [-0.05, 0) is 11.4 Å². The Labute approximate surface area is 193 Å². The van der Waals surface area contributed by atoms with Crippen molar-refractivity contribution in [1.82, 2.24) is 9.97 Å². The minimum atomic E-state index is -3.79. The second kappa shape index (κ2) is 10.1. The van der Waals surface area contributed by atoms with Crippen molar-refractivity contribution < 1.29 is 27.4 Å². The van der Waals surface area contributed by atoms with Gasteiger partial charge in [0, 0.05) is 17.8 Å². The van der Waals surface area contributed by atoms with E-state index in [1.165, 1.54) is 27.4 Å². The Morgan fingerprint density at radius 2 is 1.88 bits per heavy atom. The molecule has 0 radical (unpaired) electrons. The molecule has 10 nitrogen and oxygen atoms in total. The molecule has 3 aromatic rings.